The Morgan fingerprint density at radius 1 is 1.28 bits per heavy atom. The number of aromatic nitrogens is 4. The molecule has 2 heterocycles. The molecule has 0 bridgehead atoms. The maximum atomic E-state index is 11.1. The smallest absolute Gasteiger partial charge is 0.358 e. The van der Waals surface area contributed by atoms with E-state index in [9.17, 15) is 4.79 Å². The molecule has 0 atom stereocenters. The zero-order valence-corrected chi connectivity index (χ0v) is 10.3. The monoisotopic (exact) mass is 246 g/mol. The van der Waals surface area contributed by atoms with E-state index in [-0.39, 0.29) is 11.5 Å². The topological polar surface area (TPSA) is 80.9 Å². The van der Waals surface area contributed by atoms with Gasteiger partial charge in [0.05, 0.1) is 5.69 Å². The third-order valence-electron chi connectivity index (χ3n) is 2.64. The zero-order chi connectivity index (χ0) is 13.1. The molecule has 0 saturated heterocycles. The van der Waals surface area contributed by atoms with Crippen LogP contribution in [0, 0.1) is 0 Å². The van der Waals surface area contributed by atoms with Crippen LogP contribution < -0.4 is 0 Å². The molecule has 2 aromatic heterocycles. The Kier molecular flexibility index (Phi) is 3.36. The second-order valence-electron chi connectivity index (χ2n) is 3.78. The molecule has 18 heavy (non-hydrogen) atoms. The van der Waals surface area contributed by atoms with Crippen LogP contribution in [0.25, 0.3) is 5.82 Å². The lowest BCUT2D eigenvalue weighted by molar-refractivity contribution is 0.0689. The van der Waals surface area contributed by atoms with Crippen LogP contribution in [0.4, 0.5) is 0 Å². The van der Waals surface area contributed by atoms with Crippen LogP contribution in [-0.4, -0.2) is 30.8 Å². The number of aromatic carboxylic acids is 1. The molecule has 0 saturated carbocycles. The highest BCUT2D eigenvalue weighted by Gasteiger charge is 2.17. The van der Waals surface area contributed by atoms with Gasteiger partial charge in [-0.1, -0.05) is 13.8 Å². The zero-order valence-electron chi connectivity index (χ0n) is 10.3. The van der Waals surface area contributed by atoms with Crippen LogP contribution in [-0.2, 0) is 12.8 Å². The second kappa shape index (κ2) is 4.95. The van der Waals surface area contributed by atoms with Gasteiger partial charge in [-0.2, -0.15) is 5.10 Å². The predicted molar refractivity (Wildman–Crippen MR) is 64.9 cm³/mol. The van der Waals surface area contributed by atoms with Crippen molar-refractivity contribution in [1.82, 2.24) is 19.7 Å². The summed E-state index contributed by atoms with van der Waals surface area (Å²) in [6.07, 6.45) is 4.38. The predicted octanol–water partition coefficient (Wildman–Crippen LogP) is 1.49. The quantitative estimate of drug-likeness (QED) is 0.883. The van der Waals surface area contributed by atoms with Crippen molar-refractivity contribution in [3.63, 3.8) is 0 Å². The maximum absolute atomic E-state index is 11.1. The van der Waals surface area contributed by atoms with Gasteiger partial charge < -0.3 is 5.11 Å². The highest BCUT2D eigenvalue weighted by molar-refractivity contribution is 5.88. The fourth-order valence-electron chi connectivity index (χ4n) is 1.72. The highest BCUT2D eigenvalue weighted by atomic mass is 16.4. The van der Waals surface area contributed by atoms with Gasteiger partial charge in [-0.15, -0.1) is 0 Å². The number of hydrogen-bond donors (Lipinski definition) is 1. The largest absolute Gasteiger partial charge is 0.476 e. The van der Waals surface area contributed by atoms with Crippen molar-refractivity contribution in [2.24, 2.45) is 0 Å². The van der Waals surface area contributed by atoms with Crippen LogP contribution in [0.2, 0.25) is 0 Å². The van der Waals surface area contributed by atoms with E-state index in [0.29, 0.717) is 0 Å². The molecular formula is C12H14N4O2. The third-order valence-corrected chi connectivity index (χ3v) is 2.64. The summed E-state index contributed by atoms with van der Waals surface area (Å²) < 4.78 is 1.56. The molecule has 0 fully saturated rings. The second-order valence-corrected chi connectivity index (χ2v) is 3.78. The van der Waals surface area contributed by atoms with E-state index in [1.807, 2.05) is 19.9 Å². The van der Waals surface area contributed by atoms with E-state index in [4.69, 9.17) is 5.11 Å². The first-order chi connectivity index (χ1) is 8.67. The van der Waals surface area contributed by atoms with Gasteiger partial charge in [0, 0.05) is 18.1 Å². The van der Waals surface area contributed by atoms with E-state index in [0.717, 1.165) is 24.2 Å². The first kappa shape index (κ1) is 12.2. The summed E-state index contributed by atoms with van der Waals surface area (Å²) in [7, 11) is 0. The van der Waals surface area contributed by atoms with Crippen LogP contribution in [0.5, 0.6) is 0 Å². The molecule has 0 aliphatic carbocycles. The summed E-state index contributed by atoms with van der Waals surface area (Å²) in [5.41, 5.74) is 1.75. The maximum Gasteiger partial charge on any atom is 0.358 e. The molecule has 0 radical (unpaired) electrons. The normalized spacial score (nSPS) is 10.6. The van der Waals surface area contributed by atoms with Crippen molar-refractivity contribution < 1.29 is 9.90 Å². The summed E-state index contributed by atoms with van der Waals surface area (Å²) in [6.45, 7) is 3.99. The number of hydrogen-bond acceptors (Lipinski definition) is 4. The molecule has 6 nitrogen and oxygen atoms in total. The van der Waals surface area contributed by atoms with Crippen molar-refractivity contribution >= 4 is 5.97 Å². The molecule has 2 rings (SSSR count). The first-order valence-electron chi connectivity index (χ1n) is 5.79. The average molecular weight is 246 g/mol. The molecule has 1 N–H and O–H groups in total. The summed E-state index contributed by atoms with van der Waals surface area (Å²) in [6, 6.07) is 1.96. The lowest BCUT2D eigenvalue weighted by Gasteiger charge is -2.06. The lowest BCUT2D eigenvalue weighted by Crippen LogP contribution is -2.12. The Morgan fingerprint density at radius 3 is 2.61 bits per heavy atom. The molecule has 0 aromatic carbocycles. The van der Waals surface area contributed by atoms with Crippen molar-refractivity contribution in [2.75, 3.05) is 0 Å². The van der Waals surface area contributed by atoms with Gasteiger partial charge in [-0.3, -0.25) is 0 Å². The van der Waals surface area contributed by atoms with Crippen LogP contribution >= 0.6 is 0 Å². The average Bonchev–Trinajstić information content (AvgIpc) is 2.81. The SMILES string of the molecule is CCc1cc(CC)n(-c2nccnc2C(=O)O)n1. The molecule has 2 aromatic rings. The summed E-state index contributed by atoms with van der Waals surface area (Å²) in [5.74, 6) is -0.838. The van der Waals surface area contributed by atoms with E-state index < -0.39 is 5.97 Å². The molecular weight excluding hydrogens is 232 g/mol. The molecule has 0 amide bonds. The number of carboxylic acids is 1. The number of aryl methyl sites for hydroxylation is 2. The first-order valence-corrected chi connectivity index (χ1v) is 5.79. The van der Waals surface area contributed by atoms with Gasteiger partial charge in [0.1, 0.15) is 0 Å². The minimum Gasteiger partial charge on any atom is -0.476 e. The molecule has 6 heteroatoms. The van der Waals surface area contributed by atoms with E-state index in [2.05, 4.69) is 15.1 Å². The van der Waals surface area contributed by atoms with E-state index >= 15 is 0 Å². The van der Waals surface area contributed by atoms with Crippen molar-refractivity contribution in [3.05, 3.63) is 35.5 Å². The van der Waals surface area contributed by atoms with Gasteiger partial charge in [0.25, 0.3) is 0 Å². The van der Waals surface area contributed by atoms with Gasteiger partial charge in [0.15, 0.2) is 11.5 Å². The Morgan fingerprint density at radius 2 is 2.00 bits per heavy atom. The molecule has 94 valence electrons. The minimum atomic E-state index is -1.10. The van der Waals surface area contributed by atoms with Crippen LogP contribution in [0.3, 0.4) is 0 Å². The molecule has 0 aliphatic rings. The Labute approximate surface area is 104 Å². The van der Waals surface area contributed by atoms with Crippen molar-refractivity contribution in [2.45, 2.75) is 26.7 Å². The van der Waals surface area contributed by atoms with Gasteiger partial charge in [0.2, 0.25) is 0 Å². The van der Waals surface area contributed by atoms with Gasteiger partial charge in [-0.05, 0) is 18.9 Å². The summed E-state index contributed by atoms with van der Waals surface area (Å²) in [4.78, 5) is 19.1. The van der Waals surface area contributed by atoms with Crippen molar-refractivity contribution in [3.8, 4) is 5.82 Å². The minimum absolute atomic E-state index is 0.0852. The number of carboxylic acid groups (broad SMARTS) is 1. The molecule has 0 unspecified atom stereocenters. The van der Waals surface area contributed by atoms with Gasteiger partial charge in [-0.25, -0.2) is 19.4 Å². The number of rotatable bonds is 4. The summed E-state index contributed by atoms with van der Waals surface area (Å²) >= 11 is 0. The van der Waals surface area contributed by atoms with Crippen LogP contribution in [0.1, 0.15) is 35.7 Å². The summed E-state index contributed by atoms with van der Waals surface area (Å²) in [5, 5.41) is 13.5. The fourth-order valence-corrected chi connectivity index (χ4v) is 1.72. The van der Waals surface area contributed by atoms with E-state index in [1.54, 1.807) is 4.68 Å². The Bertz CT molecular complexity index is 577. The number of nitrogens with zero attached hydrogens (tertiary/aromatic N) is 4. The number of carbonyl (C=O) groups is 1. The van der Waals surface area contributed by atoms with Crippen molar-refractivity contribution in [1.29, 1.82) is 0 Å². The lowest BCUT2D eigenvalue weighted by atomic mass is 10.2. The third kappa shape index (κ3) is 2.09. The standard InChI is InChI=1S/C12H14N4O2/c1-3-8-7-9(4-2)16(15-8)11-10(12(17)18)13-5-6-14-11/h5-7H,3-4H2,1-2H3,(H,17,18). The Balaban J connectivity index is 2.61. The molecule has 0 spiro atoms. The fraction of sp³-hybridized carbons (Fsp3) is 0.333. The van der Waals surface area contributed by atoms with Crippen LogP contribution in [0.15, 0.2) is 18.5 Å². The van der Waals surface area contributed by atoms with Gasteiger partial charge >= 0.3 is 5.97 Å². The molecule has 0 aliphatic heterocycles. The highest BCUT2D eigenvalue weighted by Crippen LogP contribution is 2.14. The van der Waals surface area contributed by atoms with E-state index in [1.165, 1.54) is 12.4 Å². The Hall–Kier alpha value is -2.24.